The van der Waals surface area contributed by atoms with Gasteiger partial charge in [-0.15, -0.1) is 0 Å². The number of nitrogens with two attached hydrogens (primary N) is 1. The normalized spacial score (nSPS) is 25.3. The Balaban J connectivity index is 2.07. The van der Waals surface area contributed by atoms with E-state index in [0.717, 1.165) is 18.9 Å². The second kappa shape index (κ2) is 6.44. The van der Waals surface area contributed by atoms with Gasteiger partial charge in [0, 0.05) is 6.04 Å². The highest BCUT2D eigenvalue weighted by atomic mass is 19.1. The van der Waals surface area contributed by atoms with Crippen LogP contribution in [0.25, 0.3) is 0 Å². The second-order valence-corrected chi connectivity index (χ2v) is 5.74. The molecule has 0 aliphatic heterocycles. The number of hydrazine groups is 1. The third-order valence-electron chi connectivity index (χ3n) is 4.21. The molecule has 0 aromatic heterocycles. The van der Waals surface area contributed by atoms with Crippen LogP contribution < -0.4 is 11.3 Å². The van der Waals surface area contributed by atoms with Gasteiger partial charge in [-0.2, -0.15) is 0 Å². The zero-order valence-corrected chi connectivity index (χ0v) is 11.3. The minimum absolute atomic E-state index is 0.0130. The van der Waals surface area contributed by atoms with Gasteiger partial charge >= 0.3 is 0 Å². The maximum Gasteiger partial charge on any atom is 0.126 e. The molecule has 1 aliphatic rings. The van der Waals surface area contributed by atoms with Gasteiger partial charge in [0.05, 0.1) is 0 Å². The largest absolute Gasteiger partial charge is 0.271 e. The summed E-state index contributed by atoms with van der Waals surface area (Å²) in [5.41, 5.74) is 3.20. The summed E-state index contributed by atoms with van der Waals surface area (Å²) in [6, 6.07) is 3.61. The third kappa shape index (κ3) is 3.74. The minimum atomic E-state index is -0.399. The fraction of sp³-hybridized carbons (Fsp3) is 0.600. The van der Waals surface area contributed by atoms with Crippen molar-refractivity contribution in [2.45, 2.75) is 45.1 Å². The molecule has 1 aromatic rings. The lowest BCUT2D eigenvalue weighted by atomic mass is 9.77. The molecule has 2 rings (SSSR count). The lowest BCUT2D eigenvalue weighted by Crippen LogP contribution is -2.44. The SMILES string of the molecule is CC1CCCC(C(Cc2cc(F)ccc2F)NN)C1. The quantitative estimate of drug-likeness (QED) is 0.650. The Morgan fingerprint density at radius 1 is 1.37 bits per heavy atom. The molecule has 19 heavy (non-hydrogen) atoms. The maximum atomic E-state index is 13.7. The Hall–Kier alpha value is -1.00. The lowest BCUT2D eigenvalue weighted by Gasteiger charge is -2.33. The first-order valence-corrected chi connectivity index (χ1v) is 7.00. The molecular weight excluding hydrogens is 246 g/mol. The standard InChI is InChI=1S/C15H22F2N2/c1-10-3-2-4-11(7-10)15(19-18)9-12-8-13(16)5-6-14(12)17/h5-6,8,10-11,15,19H,2-4,7,9,18H2,1H3. The summed E-state index contributed by atoms with van der Waals surface area (Å²) in [5.74, 6) is 5.99. The maximum absolute atomic E-state index is 13.7. The van der Waals surface area contributed by atoms with Crippen molar-refractivity contribution in [1.29, 1.82) is 0 Å². The van der Waals surface area contributed by atoms with E-state index < -0.39 is 5.82 Å². The molecular formula is C15H22F2N2. The van der Waals surface area contributed by atoms with Crippen LogP contribution in [0.1, 0.15) is 38.2 Å². The van der Waals surface area contributed by atoms with Crippen molar-refractivity contribution in [3.05, 3.63) is 35.4 Å². The molecule has 1 fully saturated rings. The predicted molar refractivity (Wildman–Crippen MR) is 72.3 cm³/mol. The second-order valence-electron chi connectivity index (χ2n) is 5.74. The fourth-order valence-corrected chi connectivity index (χ4v) is 3.14. The Labute approximate surface area is 113 Å². The van der Waals surface area contributed by atoms with E-state index in [2.05, 4.69) is 12.3 Å². The van der Waals surface area contributed by atoms with Gasteiger partial charge in [-0.3, -0.25) is 11.3 Å². The van der Waals surface area contributed by atoms with Gasteiger partial charge in [-0.25, -0.2) is 8.78 Å². The number of benzene rings is 1. The van der Waals surface area contributed by atoms with Gasteiger partial charge in [0.15, 0.2) is 0 Å². The zero-order valence-electron chi connectivity index (χ0n) is 11.3. The van der Waals surface area contributed by atoms with Gasteiger partial charge in [0.2, 0.25) is 0 Å². The lowest BCUT2D eigenvalue weighted by molar-refractivity contribution is 0.221. The van der Waals surface area contributed by atoms with E-state index in [0.29, 0.717) is 23.8 Å². The highest BCUT2D eigenvalue weighted by Gasteiger charge is 2.26. The molecule has 0 amide bonds. The first kappa shape index (κ1) is 14.4. The van der Waals surface area contributed by atoms with Crippen LogP contribution in [0.15, 0.2) is 18.2 Å². The van der Waals surface area contributed by atoms with Crippen LogP contribution in [0, 0.1) is 23.5 Å². The molecule has 0 heterocycles. The van der Waals surface area contributed by atoms with Crippen molar-refractivity contribution in [1.82, 2.24) is 5.43 Å². The number of rotatable bonds is 4. The smallest absolute Gasteiger partial charge is 0.126 e. The van der Waals surface area contributed by atoms with Crippen molar-refractivity contribution in [3.63, 3.8) is 0 Å². The summed E-state index contributed by atoms with van der Waals surface area (Å²) < 4.78 is 26.9. The van der Waals surface area contributed by atoms with Crippen LogP contribution in [0.5, 0.6) is 0 Å². The van der Waals surface area contributed by atoms with Gasteiger partial charge in [0.25, 0.3) is 0 Å². The van der Waals surface area contributed by atoms with Crippen molar-refractivity contribution in [3.8, 4) is 0 Å². The topological polar surface area (TPSA) is 38.0 Å². The van der Waals surface area contributed by atoms with Crippen molar-refractivity contribution < 1.29 is 8.78 Å². The molecule has 4 heteroatoms. The number of hydrogen-bond donors (Lipinski definition) is 2. The van der Waals surface area contributed by atoms with Gasteiger partial charge < -0.3 is 0 Å². The van der Waals surface area contributed by atoms with Crippen LogP contribution in [-0.4, -0.2) is 6.04 Å². The summed E-state index contributed by atoms with van der Waals surface area (Å²) in [4.78, 5) is 0. The van der Waals surface area contributed by atoms with E-state index in [1.54, 1.807) is 0 Å². The molecule has 1 aliphatic carbocycles. The van der Waals surface area contributed by atoms with E-state index in [-0.39, 0.29) is 11.9 Å². The van der Waals surface area contributed by atoms with Crippen molar-refractivity contribution in [2.24, 2.45) is 17.7 Å². The highest BCUT2D eigenvalue weighted by Crippen LogP contribution is 2.32. The van der Waals surface area contributed by atoms with Crippen LogP contribution in [0.3, 0.4) is 0 Å². The summed E-state index contributed by atoms with van der Waals surface area (Å²) in [6.45, 7) is 2.24. The summed E-state index contributed by atoms with van der Waals surface area (Å²) >= 11 is 0. The molecule has 1 saturated carbocycles. The van der Waals surface area contributed by atoms with Crippen LogP contribution >= 0.6 is 0 Å². The number of nitrogens with one attached hydrogen (secondary N) is 1. The third-order valence-corrected chi connectivity index (χ3v) is 4.21. The molecule has 3 N–H and O–H groups in total. The zero-order chi connectivity index (χ0) is 13.8. The molecule has 0 spiro atoms. The Morgan fingerprint density at radius 2 is 2.16 bits per heavy atom. The van der Waals surface area contributed by atoms with Crippen molar-refractivity contribution in [2.75, 3.05) is 0 Å². The highest BCUT2D eigenvalue weighted by molar-refractivity contribution is 5.20. The monoisotopic (exact) mass is 268 g/mol. The van der Waals surface area contributed by atoms with Crippen LogP contribution in [-0.2, 0) is 6.42 Å². The summed E-state index contributed by atoms with van der Waals surface area (Å²) in [7, 11) is 0. The Kier molecular flexibility index (Phi) is 4.88. The van der Waals surface area contributed by atoms with E-state index in [1.807, 2.05) is 0 Å². The minimum Gasteiger partial charge on any atom is -0.271 e. The molecule has 0 bridgehead atoms. The van der Waals surface area contributed by atoms with Crippen molar-refractivity contribution >= 4 is 0 Å². The van der Waals surface area contributed by atoms with Gasteiger partial charge in [0.1, 0.15) is 11.6 Å². The summed E-state index contributed by atoms with van der Waals surface area (Å²) in [6.07, 6.45) is 5.09. The molecule has 3 unspecified atom stereocenters. The molecule has 0 radical (unpaired) electrons. The number of hydrogen-bond acceptors (Lipinski definition) is 2. The summed E-state index contributed by atoms with van der Waals surface area (Å²) in [5, 5.41) is 0. The average molecular weight is 268 g/mol. The molecule has 3 atom stereocenters. The van der Waals surface area contributed by atoms with Crippen LogP contribution in [0.4, 0.5) is 8.78 Å². The van der Waals surface area contributed by atoms with E-state index in [9.17, 15) is 8.78 Å². The molecule has 0 saturated heterocycles. The van der Waals surface area contributed by atoms with Crippen LogP contribution in [0.2, 0.25) is 0 Å². The van der Waals surface area contributed by atoms with Gasteiger partial charge in [-0.1, -0.05) is 19.8 Å². The van der Waals surface area contributed by atoms with Gasteiger partial charge in [-0.05, 0) is 54.9 Å². The first-order valence-electron chi connectivity index (χ1n) is 7.00. The molecule has 2 nitrogen and oxygen atoms in total. The fourth-order valence-electron chi connectivity index (χ4n) is 3.14. The average Bonchev–Trinajstić information content (AvgIpc) is 2.39. The molecule has 1 aromatic carbocycles. The molecule has 106 valence electrons. The first-order chi connectivity index (χ1) is 9.10. The van der Waals surface area contributed by atoms with E-state index >= 15 is 0 Å². The Bertz CT molecular complexity index is 423. The Morgan fingerprint density at radius 3 is 2.84 bits per heavy atom. The van der Waals surface area contributed by atoms with E-state index in [1.165, 1.54) is 25.0 Å². The number of halogens is 2. The van der Waals surface area contributed by atoms with E-state index in [4.69, 9.17) is 5.84 Å². The predicted octanol–water partition coefficient (Wildman–Crippen LogP) is 3.17.